The molecular weight excluding hydrogens is 270 g/mol. The predicted octanol–water partition coefficient (Wildman–Crippen LogP) is 3.92. The molecule has 0 saturated carbocycles. The van der Waals surface area contributed by atoms with E-state index in [1.165, 1.54) is 11.1 Å². The molecule has 0 unspecified atom stereocenters. The fourth-order valence-electron chi connectivity index (χ4n) is 3.42. The summed E-state index contributed by atoms with van der Waals surface area (Å²) in [6.07, 6.45) is 3.35. The second kappa shape index (κ2) is 5.57. The summed E-state index contributed by atoms with van der Waals surface area (Å²) in [6, 6.07) is 8.24. The van der Waals surface area contributed by atoms with E-state index in [2.05, 4.69) is 17.2 Å². The molecule has 104 valence electrons. The first-order valence-electron chi connectivity index (χ1n) is 7.11. The van der Waals surface area contributed by atoms with Gasteiger partial charge in [-0.25, -0.2) is 0 Å². The number of rotatable bonds is 1. The minimum Gasteiger partial charge on any atom is -0.300 e. The molecule has 0 N–H and O–H groups in total. The Balaban J connectivity index is 1.95. The molecule has 20 heavy (non-hydrogen) atoms. The molecule has 0 aromatic heterocycles. The lowest BCUT2D eigenvalue weighted by Gasteiger charge is -2.45. The summed E-state index contributed by atoms with van der Waals surface area (Å²) in [5, 5.41) is 0.734. The monoisotopic (exact) mass is 287 g/mol. The van der Waals surface area contributed by atoms with Crippen molar-refractivity contribution in [1.29, 1.82) is 0 Å². The van der Waals surface area contributed by atoms with Crippen molar-refractivity contribution in [3.8, 4) is 0 Å². The van der Waals surface area contributed by atoms with Crippen molar-refractivity contribution in [2.45, 2.75) is 37.8 Å². The van der Waals surface area contributed by atoms with E-state index in [9.17, 15) is 4.79 Å². The third kappa shape index (κ3) is 2.47. The zero-order valence-electron chi connectivity index (χ0n) is 11.4. The van der Waals surface area contributed by atoms with Crippen molar-refractivity contribution < 1.29 is 4.79 Å². The van der Waals surface area contributed by atoms with Crippen LogP contribution in [0.15, 0.2) is 42.1 Å². The highest BCUT2D eigenvalue weighted by atomic mass is 35.5. The van der Waals surface area contributed by atoms with Crippen molar-refractivity contribution in [1.82, 2.24) is 4.90 Å². The van der Waals surface area contributed by atoms with Gasteiger partial charge < -0.3 is 0 Å². The predicted molar refractivity (Wildman–Crippen MR) is 80.8 cm³/mol. The van der Waals surface area contributed by atoms with Crippen molar-refractivity contribution in [3.05, 3.63) is 52.7 Å². The molecule has 1 aromatic carbocycles. The van der Waals surface area contributed by atoms with Gasteiger partial charge >= 0.3 is 0 Å². The maximum Gasteiger partial charge on any atom is 0.136 e. The molecule has 0 spiro atoms. The number of Topliss-reactive ketones (excluding diaryl/α,β-unsaturated/α-hetero) is 1. The Morgan fingerprint density at radius 3 is 2.60 bits per heavy atom. The Labute approximate surface area is 124 Å². The molecule has 0 aliphatic carbocycles. The standard InChI is InChI=1S/C17H18ClNO/c1-2-12-4-3-9-19-16(12)10-15(20)11-17(19)13-5-7-14(18)8-6-13/h5-8,16-17H,1,3-4,9-11H2/t16-,17-/m1/s1. The molecule has 2 aliphatic rings. The van der Waals surface area contributed by atoms with E-state index in [4.69, 9.17) is 11.6 Å². The summed E-state index contributed by atoms with van der Waals surface area (Å²) in [6.45, 7) is 4.83. The molecule has 2 atom stereocenters. The normalized spacial score (nSPS) is 27.1. The van der Waals surface area contributed by atoms with Gasteiger partial charge in [0, 0.05) is 29.9 Å². The van der Waals surface area contributed by atoms with Crippen LogP contribution >= 0.6 is 11.6 Å². The van der Waals surface area contributed by atoms with Crippen LogP contribution in [0.1, 0.15) is 37.3 Å². The number of piperidine rings is 2. The number of nitrogens with zero attached hydrogens (tertiary/aromatic N) is 1. The highest BCUT2D eigenvalue weighted by Gasteiger charge is 2.38. The van der Waals surface area contributed by atoms with Gasteiger partial charge in [-0.05, 0) is 42.7 Å². The fourth-order valence-corrected chi connectivity index (χ4v) is 3.55. The second-order valence-corrected chi connectivity index (χ2v) is 6.01. The number of carbonyl (C=O) groups is 1. The number of hydrogen-bond donors (Lipinski definition) is 0. The van der Waals surface area contributed by atoms with Gasteiger partial charge in [-0.3, -0.25) is 9.69 Å². The fraction of sp³-hybridized carbons (Fsp3) is 0.412. The van der Waals surface area contributed by atoms with Gasteiger partial charge in [0.15, 0.2) is 0 Å². The van der Waals surface area contributed by atoms with E-state index in [-0.39, 0.29) is 12.1 Å². The van der Waals surface area contributed by atoms with Gasteiger partial charge in [-0.2, -0.15) is 0 Å². The Kier molecular flexibility index (Phi) is 3.80. The molecule has 0 bridgehead atoms. The largest absolute Gasteiger partial charge is 0.300 e. The number of fused-ring (bicyclic) bond motifs is 1. The summed E-state index contributed by atoms with van der Waals surface area (Å²) < 4.78 is 0. The molecule has 2 heterocycles. The van der Waals surface area contributed by atoms with Crippen molar-refractivity contribution in [2.75, 3.05) is 6.54 Å². The van der Waals surface area contributed by atoms with Gasteiger partial charge in [0.25, 0.3) is 0 Å². The van der Waals surface area contributed by atoms with Crippen LogP contribution < -0.4 is 0 Å². The molecule has 0 amide bonds. The molecular formula is C17H18ClNO. The number of carbonyl (C=O) groups excluding carboxylic acids is 1. The molecule has 1 aromatic rings. The van der Waals surface area contributed by atoms with E-state index in [0.29, 0.717) is 18.6 Å². The van der Waals surface area contributed by atoms with E-state index >= 15 is 0 Å². The lowest BCUT2D eigenvalue weighted by Crippen LogP contribution is -2.48. The summed E-state index contributed by atoms with van der Waals surface area (Å²) in [7, 11) is 0. The smallest absolute Gasteiger partial charge is 0.136 e. The first-order valence-corrected chi connectivity index (χ1v) is 7.48. The van der Waals surface area contributed by atoms with Gasteiger partial charge in [-0.1, -0.05) is 30.3 Å². The van der Waals surface area contributed by atoms with Crippen LogP contribution in [-0.4, -0.2) is 23.3 Å². The molecule has 3 heteroatoms. The van der Waals surface area contributed by atoms with Crippen LogP contribution in [0.5, 0.6) is 0 Å². The van der Waals surface area contributed by atoms with Gasteiger partial charge in [0.1, 0.15) is 5.78 Å². The summed E-state index contributed by atoms with van der Waals surface area (Å²) in [5.41, 5.74) is 5.43. The lowest BCUT2D eigenvalue weighted by molar-refractivity contribution is -0.125. The van der Waals surface area contributed by atoms with Crippen LogP contribution in [0.25, 0.3) is 0 Å². The van der Waals surface area contributed by atoms with Gasteiger partial charge in [0.05, 0.1) is 0 Å². The van der Waals surface area contributed by atoms with Crippen molar-refractivity contribution in [2.24, 2.45) is 0 Å². The molecule has 2 fully saturated rings. The number of halogens is 1. The van der Waals surface area contributed by atoms with Crippen LogP contribution in [-0.2, 0) is 4.79 Å². The van der Waals surface area contributed by atoms with E-state index in [1.54, 1.807) is 0 Å². The number of benzene rings is 1. The maximum absolute atomic E-state index is 12.1. The van der Waals surface area contributed by atoms with Crippen LogP contribution in [0.3, 0.4) is 0 Å². The number of ketones is 1. The lowest BCUT2D eigenvalue weighted by atomic mass is 9.83. The Morgan fingerprint density at radius 2 is 1.90 bits per heavy atom. The van der Waals surface area contributed by atoms with E-state index in [1.807, 2.05) is 24.3 Å². The van der Waals surface area contributed by atoms with E-state index < -0.39 is 0 Å². The zero-order valence-corrected chi connectivity index (χ0v) is 12.2. The van der Waals surface area contributed by atoms with Crippen molar-refractivity contribution >= 4 is 17.4 Å². The van der Waals surface area contributed by atoms with Gasteiger partial charge in [-0.15, -0.1) is 5.73 Å². The maximum atomic E-state index is 12.1. The minimum absolute atomic E-state index is 0.169. The third-order valence-electron chi connectivity index (χ3n) is 4.39. The topological polar surface area (TPSA) is 20.3 Å². The minimum atomic E-state index is 0.169. The summed E-state index contributed by atoms with van der Waals surface area (Å²) in [4.78, 5) is 14.6. The average Bonchev–Trinajstić information content (AvgIpc) is 2.46. The quantitative estimate of drug-likeness (QED) is 0.730. The second-order valence-electron chi connectivity index (χ2n) is 5.57. The molecule has 2 aliphatic heterocycles. The zero-order chi connectivity index (χ0) is 14.1. The highest BCUT2D eigenvalue weighted by molar-refractivity contribution is 6.30. The number of hydrogen-bond acceptors (Lipinski definition) is 2. The van der Waals surface area contributed by atoms with E-state index in [0.717, 1.165) is 24.4 Å². The Bertz CT molecular complexity index is 571. The summed E-state index contributed by atoms with van der Waals surface area (Å²) >= 11 is 5.96. The average molecular weight is 288 g/mol. The van der Waals surface area contributed by atoms with Crippen LogP contribution in [0.2, 0.25) is 5.02 Å². The molecule has 3 rings (SSSR count). The molecule has 2 nitrogen and oxygen atoms in total. The highest BCUT2D eigenvalue weighted by Crippen LogP contribution is 2.39. The van der Waals surface area contributed by atoms with Crippen LogP contribution in [0.4, 0.5) is 0 Å². The molecule has 2 saturated heterocycles. The Hall–Kier alpha value is -1.34. The van der Waals surface area contributed by atoms with Crippen molar-refractivity contribution in [3.63, 3.8) is 0 Å². The third-order valence-corrected chi connectivity index (χ3v) is 4.64. The Morgan fingerprint density at radius 1 is 1.20 bits per heavy atom. The van der Waals surface area contributed by atoms with Crippen LogP contribution in [0, 0.1) is 0 Å². The van der Waals surface area contributed by atoms with Gasteiger partial charge in [0.2, 0.25) is 0 Å². The first kappa shape index (κ1) is 13.6. The SMILES string of the molecule is C=C=C1CCCN2[C@@H]1CC(=O)C[C@@H]2c1ccc(Cl)cc1. The first-order chi connectivity index (χ1) is 9.69. The molecule has 0 radical (unpaired) electrons. The summed E-state index contributed by atoms with van der Waals surface area (Å²) in [5.74, 6) is 0.334.